The first kappa shape index (κ1) is 32.5. The standard InChI is InChI=1S/C39H41NO6/c1-38(2,3)46-36(41)32-17-21-33(22-18-32)39(25-11-6-12-26-39)37(42)45-34-23-19-31(20-24-34)35(43-27-29-13-7-4-8-14-29)40-44-28-30-15-9-5-10-16-30/h4-5,7-10,13-24H,6,11-12,25-28H2,1-3H3. The molecule has 4 aromatic carbocycles. The maximum Gasteiger partial charge on any atom is 0.338 e. The van der Waals surface area contributed by atoms with Crippen LogP contribution >= 0.6 is 0 Å². The maximum absolute atomic E-state index is 13.9. The largest absolute Gasteiger partial charge is 0.470 e. The van der Waals surface area contributed by atoms with E-state index in [9.17, 15) is 9.59 Å². The van der Waals surface area contributed by atoms with Gasteiger partial charge in [-0.1, -0.05) is 92.1 Å². The van der Waals surface area contributed by atoms with E-state index in [1.165, 1.54) is 0 Å². The fourth-order valence-electron chi connectivity index (χ4n) is 5.53. The average Bonchev–Trinajstić information content (AvgIpc) is 3.07. The van der Waals surface area contributed by atoms with Crippen LogP contribution in [0.2, 0.25) is 0 Å². The summed E-state index contributed by atoms with van der Waals surface area (Å²) >= 11 is 0. The van der Waals surface area contributed by atoms with Crippen LogP contribution in [0.1, 0.15) is 85.5 Å². The SMILES string of the molecule is CC(C)(C)OC(=O)c1ccc(C2(C(=O)Oc3ccc(C(=NOCc4ccccc4)OCc4ccccc4)cc3)CCCCC2)cc1. The van der Waals surface area contributed by atoms with Crippen LogP contribution in [0, 0.1) is 0 Å². The van der Waals surface area contributed by atoms with Crippen molar-refractivity contribution < 1.29 is 28.6 Å². The van der Waals surface area contributed by atoms with Gasteiger partial charge in [0.25, 0.3) is 5.90 Å². The second kappa shape index (κ2) is 14.9. The van der Waals surface area contributed by atoms with E-state index in [2.05, 4.69) is 5.16 Å². The molecule has 238 valence electrons. The van der Waals surface area contributed by atoms with Gasteiger partial charge in [0.2, 0.25) is 0 Å². The van der Waals surface area contributed by atoms with E-state index in [0.717, 1.165) is 36.0 Å². The molecule has 0 spiro atoms. The average molecular weight is 620 g/mol. The molecule has 0 saturated heterocycles. The van der Waals surface area contributed by atoms with Crippen LogP contribution in [-0.4, -0.2) is 23.4 Å². The van der Waals surface area contributed by atoms with Crippen molar-refractivity contribution in [3.63, 3.8) is 0 Å². The van der Waals surface area contributed by atoms with Crippen molar-refractivity contribution in [3.05, 3.63) is 137 Å². The predicted molar refractivity (Wildman–Crippen MR) is 177 cm³/mol. The molecule has 0 atom stereocenters. The molecule has 1 saturated carbocycles. The zero-order chi connectivity index (χ0) is 32.4. The van der Waals surface area contributed by atoms with Crippen molar-refractivity contribution >= 4 is 17.8 Å². The first-order valence-electron chi connectivity index (χ1n) is 15.8. The molecule has 1 fully saturated rings. The summed E-state index contributed by atoms with van der Waals surface area (Å²) in [5.41, 5.74) is 2.60. The number of benzene rings is 4. The summed E-state index contributed by atoms with van der Waals surface area (Å²) in [4.78, 5) is 32.1. The summed E-state index contributed by atoms with van der Waals surface area (Å²) in [6.07, 6.45) is 4.27. The van der Waals surface area contributed by atoms with E-state index < -0.39 is 11.0 Å². The second-order valence-electron chi connectivity index (χ2n) is 12.6. The lowest BCUT2D eigenvalue weighted by Crippen LogP contribution is -2.41. The highest BCUT2D eigenvalue weighted by Gasteiger charge is 2.43. The van der Waals surface area contributed by atoms with E-state index in [0.29, 0.717) is 48.8 Å². The number of hydrogen-bond acceptors (Lipinski definition) is 7. The highest BCUT2D eigenvalue weighted by Crippen LogP contribution is 2.41. The molecule has 1 aliphatic carbocycles. The van der Waals surface area contributed by atoms with Crippen molar-refractivity contribution in [2.75, 3.05) is 0 Å². The van der Waals surface area contributed by atoms with Gasteiger partial charge in [-0.15, -0.1) is 0 Å². The van der Waals surface area contributed by atoms with E-state index in [1.54, 1.807) is 24.3 Å². The summed E-state index contributed by atoms with van der Waals surface area (Å²) < 4.78 is 17.6. The number of rotatable bonds is 10. The highest BCUT2D eigenvalue weighted by molar-refractivity contribution is 5.94. The molecule has 0 aliphatic heterocycles. The summed E-state index contributed by atoms with van der Waals surface area (Å²) in [5, 5.41) is 4.31. The van der Waals surface area contributed by atoms with Gasteiger partial charge in [-0.3, -0.25) is 4.79 Å². The molecule has 4 aromatic rings. The minimum Gasteiger partial charge on any atom is -0.470 e. The molecule has 5 rings (SSSR count). The van der Waals surface area contributed by atoms with Crippen molar-refractivity contribution in [1.82, 2.24) is 0 Å². The fourth-order valence-corrected chi connectivity index (χ4v) is 5.53. The van der Waals surface area contributed by atoms with Gasteiger partial charge in [0.05, 0.1) is 11.0 Å². The number of carbonyl (C=O) groups excluding carboxylic acids is 2. The van der Waals surface area contributed by atoms with Crippen molar-refractivity contribution in [2.45, 2.75) is 77.1 Å². The Hall–Kier alpha value is -4.91. The summed E-state index contributed by atoms with van der Waals surface area (Å²) in [5.74, 6) is 0.0640. The lowest BCUT2D eigenvalue weighted by Gasteiger charge is -2.35. The number of ether oxygens (including phenoxy) is 3. The zero-order valence-electron chi connectivity index (χ0n) is 26.7. The van der Waals surface area contributed by atoms with E-state index in [-0.39, 0.29) is 11.9 Å². The second-order valence-corrected chi connectivity index (χ2v) is 12.6. The Morgan fingerprint density at radius 3 is 1.85 bits per heavy atom. The van der Waals surface area contributed by atoms with Gasteiger partial charge in [-0.05, 0) is 91.9 Å². The molecule has 0 bridgehead atoms. The number of esters is 2. The third-order valence-corrected chi connectivity index (χ3v) is 7.92. The predicted octanol–water partition coefficient (Wildman–Crippen LogP) is 8.54. The Morgan fingerprint density at radius 2 is 1.26 bits per heavy atom. The Bertz CT molecular complexity index is 1600. The number of nitrogens with zero attached hydrogens (tertiary/aromatic N) is 1. The van der Waals surface area contributed by atoms with E-state index >= 15 is 0 Å². The first-order chi connectivity index (χ1) is 22.2. The van der Waals surface area contributed by atoms with Crippen LogP contribution in [-0.2, 0) is 37.7 Å². The minimum absolute atomic E-state index is 0.301. The van der Waals surface area contributed by atoms with Crippen LogP contribution in [0.5, 0.6) is 5.75 Å². The molecule has 0 radical (unpaired) electrons. The van der Waals surface area contributed by atoms with Gasteiger partial charge in [0.1, 0.15) is 24.6 Å². The van der Waals surface area contributed by atoms with E-state index in [4.69, 9.17) is 19.0 Å². The maximum atomic E-state index is 13.9. The zero-order valence-corrected chi connectivity index (χ0v) is 26.7. The molecular formula is C39H41NO6. The third-order valence-electron chi connectivity index (χ3n) is 7.92. The summed E-state index contributed by atoms with van der Waals surface area (Å²) in [7, 11) is 0. The molecule has 7 nitrogen and oxygen atoms in total. The number of hydrogen-bond donors (Lipinski definition) is 0. The Balaban J connectivity index is 1.31. The van der Waals surface area contributed by atoms with Crippen LogP contribution in [0.15, 0.2) is 114 Å². The molecule has 0 N–H and O–H groups in total. The van der Waals surface area contributed by atoms with Gasteiger partial charge in [-0.25, -0.2) is 4.79 Å². The Morgan fingerprint density at radius 1 is 0.696 bits per heavy atom. The Kier molecular flexibility index (Phi) is 10.5. The molecule has 0 heterocycles. The van der Waals surface area contributed by atoms with Gasteiger partial charge < -0.3 is 19.0 Å². The first-order valence-corrected chi connectivity index (χ1v) is 15.8. The Labute approximate surface area is 271 Å². The molecule has 0 unspecified atom stereocenters. The van der Waals surface area contributed by atoms with Gasteiger partial charge >= 0.3 is 11.9 Å². The molecule has 0 amide bonds. The van der Waals surface area contributed by atoms with Gasteiger partial charge in [0, 0.05) is 5.56 Å². The minimum atomic E-state index is -0.792. The lowest BCUT2D eigenvalue weighted by molar-refractivity contribution is -0.142. The summed E-state index contributed by atoms with van der Waals surface area (Å²) in [6.45, 7) is 6.13. The summed E-state index contributed by atoms with van der Waals surface area (Å²) in [6, 6.07) is 33.9. The van der Waals surface area contributed by atoms with E-state index in [1.807, 2.05) is 106 Å². The third kappa shape index (κ3) is 8.62. The van der Waals surface area contributed by atoms with Crippen molar-refractivity contribution in [2.24, 2.45) is 5.16 Å². The molecule has 0 aromatic heterocycles. The lowest BCUT2D eigenvalue weighted by atomic mass is 9.69. The smallest absolute Gasteiger partial charge is 0.338 e. The van der Waals surface area contributed by atoms with Crippen LogP contribution in [0.3, 0.4) is 0 Å². The highest BCUT2D eigenvalue weighted by atomic mass is 16.6. The van der Waals surface area contributed by atoms with Crippen molar-refractivity contribution in [1.29, 1.82) is 0 Å². The number of oxime groups is 1. The van der Waals surface area contributed by atoms with Crippen LogP contribution in [0.4, 0.5) is 0 Å². The molecule has 7 heteroatoms. The fraction of sp³-hybridized carbons (Fsp3) is 0.308. The normalized spacial score (nSPS) is 14.6. The molecule has 46 heavy (non-hydrogen) atoms. The molecule has 1 aliphatic rings. The topological polar surface area (TPSA) is 83.4 Å². The quantitative estimate of drug-likeness (QED) is 0.0582. The van der Waals surface area contributed by atoms with Crippen LogP contribution < -0.4 is 4.74 Å². The monoisotopic (exact) mass is 619 g/mol. The number of carbonyl (C=O) groups is 2. The van der Waals surface area contributed by atoms with Gasteiger partial charge in [-0.2, -0.15) is 0 Å². The van der Waals surface area contributed by atoms with Crippen LogP contribution in [0.25, 0.3) is 0 Å². The van der Waals surface area contributed by atoms with Gasteiger partial charge in [0.15, 0.2) is 0 Å². The van der Waals surface area contributed by atoms with Crippen molar-refractivity contribution in [3.8, 4) is 5.75 Å². The molecular weight excluding hydrogens is 578 g/mol.